The van der Waals surface area contributed by atoms with Crippen LogP contribution in [0.15, 0.2) is 36.4 Å². The quantitative estimate of drug-likeness (QED) is 0.250. The lowest BCUT2D eigenvalue weighted by Crippen LogP contribution is -2.42. The molecule has 2 aromatic carbocycles. The highest BCUT2D eigenvalue weighted by Gasteiger charge is 2.59. The first-order valence-electron chi connectivity index (χ1n) is 9.71. The predicted octanol–water partition coefficient (Wildman–Crippen LogP) is 7.55. The summed E-state index contributed by atoms with van der Waals surface area (Å²) in [6, 6.07) is 6.22. The summed E-state index contributed by atoms with van der Waals surface area (Å²) in [7, 11) is 0. The van der Waals surface area contributed by atoms with Crippen LogP contribution in [-0.2, 0) is 21.8 Å². The lowest BCUT2D eigenvalue weighted by Gasteiger charge is -2.29. The Labute approximate surface area is 225 Å². The first-order valence-corrected chi connectivity index (χ1v) is 12.4. The van der Waals surface area contributed by atoms with Crippen LogP contribution in [0.4, 0.5) is 26.3 Å². The number of rotatable bonds is 7. The minimum absolute atomic E-state index is 0.0597. The molecule has 36 heavy (non-hydrogen) atoms. The molecule has 1 unspecified atom stereocenters. The summed E-state index contributed by atoms with van der Waals surface area (Å²) in [4.78, 5) is 16.8. The first-order chi connectivity index (χ1) is 16.6. The molecule has 0 fully saturated rings. The van der Waals surface area contributed by atoms with Gasteiger partial charge in [-0.2, -0.15) is 26.3 Å². The monoisotopic (exact) mass is 612 g/mol. The molecule has 1 heterocycles. The maximum atomic E-state index is 14.2. The fourth-order valence-electron chi connectivity index (χ4n) is 3.12. The second-order valence-electron chi connectivity index (χ2n) is 7.44. The molecule has 15 heteroatoms. The van der Waals surface area contributed by atoms with Crippen molar-refractivity contribution < 1.29 is 36.0 Å². The van der Waals surface area contributed by atoms with E-state index in [0.29, 0.717) is 17.3 Å². The number of hydrogen-bond acceptors (Lipinski definition) is 4. The average Bonchev–Trinajstić information content (AvgIpc) is 3.22. The van der Waals surface area contributed by atoms with E-state index < -0.39 is 40.9 Å². The van der Waals surface area contributed by atoms with Crippen LogP contribution < -0.4 is 10.8 Å². The number of hydrogen-bond donors (Lipinski definition) is 2. The summed E-state index contributed by atoms with van der Waals surface area (Å²) in [5.41, 5.74) is -0.529. The summed E-state index contributed by atoms with van der Waals surface area (Å²) < 4.78 is 79.0. The summed E-state index contributed by atoms with van der Waals surface area (Å²) in [5, 5.41) is 2.03. The molecule has 0 aromatic heterocycles. The number of benzene rings is 2. The van der Waals surface area contributed by atoms with Gasteiger partial charge in [0.2, 0.25) is 11.5 Å². The predicted molar refractivity (Wildman–Crippen MR) is 128 cm³/mol. The number of thioether (sulfide) groups is 1. The van der Waals surface area contributed by atoms with Crippen LogP contribution in [-0.4, -0.2) is 29.8 Å². The smallest absolute Gasteiger partial charge is 0.351 e. The van der Waals surface area contributed by atoms with Crippen molar-refractivity contribution in [3.8, 4) is 0 Å². The lowest BCUT2D eigenvalue weighted by molar-refractivity contribution is -0.269. The topological polar surface area (TPSA) is 50.4 Å². The Balaban J connectivity index is 1.79. The minimum Gasteiger partial charge on any atom is -0.351 e. The van der Waals surface area contributed by atoms with E-state index in [9.17, 15) is 31.1 Å². The van der Waals surface area contributed by atoms with E-state index in [-0.39, 0.29) is 37.9 Å². The molecule has 0 aliphatic carbocycles. The van der Waals surface area contributed by atoms with Gasteiger partial charge in [-0.3, -0.25) is 15.1 Å². The second-order valence-corrected chi connectivity index (χ2v) is 10.0. The van der Waals surface area contributed by atoms with Gasteiger partial charge in [-0.05, 0) is 29.8 Å². The Morgan fingerprint density at radius 1 is 1.00 bits per heavy atom. The largest absolute Gasteiger partial charge is 0.428 e. The van der Waals surface area contributed by atoms with E-state index in [0.717, 1.165) is 18.2 Å². The number of amides is 1. The fraction of sp³-hybridized carbons (Fsp3) is 0.286. The molecule has 3 rings (SSSR count). The zero-order chi connectivity index (χ0) is 26.9. The minimum atomic E-state index is -4.93. The molecular formula is C21H14Cl4F6N2O2S. The van der Waals surface area contributed by atoms with Gasteiger partial charge in [0.1, 0.15) is 0 Å². The molecule has 1 atom stereocenters. The van der Waals surface area contributed by atoms with E-state index in [1.807, 2.05) is 0 Å². The van der Waals surface area contributed by atoms with E-state index in [2.05, 4.69) is 10.8 Å². The fourth-order valence-corrected chi connectivity index (χ4v) is 4.58. The van der Waals surface area contributed by atoms with Gasteiger partial charge >= 0.3 is 12.4 Å². The maximum Gasteiger partial charge on any atom is 0.428 e. The van der Waals surface area contributed by atoms with Crippen LogP contribution in [0, 0.1) is 0 Å². The van der Waals surface area contributed by atoms with Gasteiger partial charge in [-0.15, -0.1) is 11.8 Å². The van der Waals surface area contributed by atoms with Crippen molar-refractivity contribution in [1.82, 2.24) is 10.8 Å². The van der Waals surface area contributed by atoms with Crippen molar-refractivity contribution in [2.45, 2.75) is 24.5 Å². The van der Waals surface area contributed by atoms with Crippen molar-refractivity contribution in [1.29, 1.82) is 0 Å². The second kappa shape index (κ2) is 11.1. The Kier molecular flexibility index (Phi) is 8.95. The van der Waals surface area contributed by atoms with Crippen LogP contribution in [0.5, 0.6) is 0 Å². The molecule has 1 aliphatic heterocycles. The highest BCUT2D eigenvalue weighted by molar-refractivity contribution is 8.00. The van der Waals surface area contributed by atoms with Gasteiger partial charge in [0.25, 0.3) is 0 Å². The first kappa shape index (κ1) is 29.1. The molecule has 196 valence electrons. The summed E-state index contributed by atoms with van der Waals surface area (Å²) >= 11 is 24.3. The van der Waals surface area contributed by atoms with Gasteiger partial charge in [0, 0.05) is 22.7 Å². The molecule has 0 radical (unpaired) electrons. The Morgan fingerprint density at radius 2 is 1.64 bits per heavy atom. The number of hydroxylamine groups is 1. The van der Waals surface area contributed by atoms with Crippen LogP contribution in [0.2, 0.25) is 20.1 Å². The Bertz CT molecular complexity index is 1170. The molecule has 0 bridgehead atoms. The van der Waals surface area contributed by atoms with Gasteiger partial charge in [-0.25, -0.2) is 0 Å². The summed E-state index contributed by atoms with van der Waals surface area (Å²) in [6.07, 6.45) is -8.51. The zero-order valence-corrected chi connectivity index (χ0v) is 21.4. The molecule has 2 aromatic rings. The highest BCUT2D eigenvalue weighted by atomic mass is 35.5. The lowest BCUT2D eigenvalue weighted by atomic mass is 9.91. The Morgan fingerprint density at radius 3 is 2.19 bits per heavy atom. The molecule has 0 spiro atoms. The normalized spacial score (nSPS) is 18.1. The van der Waals surface area contributed by atoms with Crippen molar-refractivity contribution >= 4 is 69.8 Å². The van der Waals surface area contributed by atoms with Gasteiger partial charge in [0.15, 0.2) is 0 Å². The number of alkyl halides is 6. The molecule has 1 aliphatic rings. The van der Waals surface area contributed by atoms with Crippen LogP contribution in [0.1, 0.15) is 16.7 Å². The van der Waals surface area contributed by atoms with Crippen LogP contribution >= 0.6 is 58.2 Å². The highest BCUT2D eigenvalue weighted by Crippen LogP contribution is 2.49. The van der Waals surface area contributed by atoms with E-state index in [4.69, 9.17) is 51.2 Å². The van der Waals surface area contributed by atoms with Gasteiger partial charge in [-0.1, -0.05) is 58.5 Å². The maximum absolute atomic E-state index is 14.2. The van der Waals surface area contributed by atoms with Crippen molar-refractivity contribution in [3.63, 3.8) is 0 Å². The Hall–Kier alpha value is -1.50. The zero-order valence-electron chi connectivity index (χ0n) is 17.6. The number of halogens is 10. The summed E-state index contributed by atoms with van der Waals surface area (Å²) in [5.74, 6) is -2.19. The van der Waals surface area contributed by atoms with Crippen LogP contribution in [0.25, 0.3) is 5.70 Å². The third-order valence-corrected chi connectivity index (χ3v) is 7.39. The molecular weight excluding hydrogens is 600 g/mol. The molecule has 0 saturated heterocycles. The van der Waals surface area contributed by atoms with Gasteiger partial charge < -0.3 is 5.32 Å². The molecule has 2 N–H and O–H groups in total. The van der Waals surface area contributed by atoms with E-state index in [1.54, 1.807) is 0 Å². The molecule has 4 nitrogen and oxygen atoms in total. The third kappa shape index (κ3) is 6.68. The third-order valence-electron chi connectivity index (χ3n) is 4.84. The number of carbonyl (C=O) groups excluding carboxylic acids is 1. The van der Waals surface area contributed by atoms with Crippen LogP contribution in [0.3, 0.4) is 0 Å². The summed E-state index contributed by atoms with van der Waals surface area (Å²) in [6.45, 7) is -0.0955. The van der Waals surface area contributed by atoms with Crippen molar-refractivity contribution in [2.24, 2.45) is 0 Å². The van der Waals surface area contributed by atoms with Crippen molar-refractivity contribution in [2.75, 3.05) is 11.5 Å². The molecule has 1 amide bonds. The SMILES string of the molecule is O=C(CSCC(F)(F)F)NCc1ccc(C2=CC(c3cc(Cl)c(Cl)c(Cl)c3)(C(F)(F)F)ON2)cc1Cl. The molecule has 0 saturated carbocycles. The van der Waals surface area contributed by atoms with Gasteiger partial charge in [0.05, 0.1) is 32.3 Å². The number of carbonyl (C=O) groups is 1. The van der Waals surface area contributed by atoms with Crippen molar-refractivity contribution in [3.05, 3.63) is 73.2 Å². The standard InChI is InChI=1S/C21H14Cl4F6N2O2S/c22-13-3-10(1-2-11(13)7-32-17(34)8-36-9-20(26,27)28)16-6-19(35-33-16,21(29,30)31)12-4-14(23)18(25)15(24)5-12/h1-6,33H,7-9H2,(H,32,34). The number of nitrogens with one attached hydrogen (secondary N) is 2. The van der Waals surface area contributed by atoms with E-state index >= 15 is 0 Å². The average molecular weight is 614 g/mol. The van der Waals surface area contributed by atoms with E-state index in [1.165, 1.54) is 18.2 Å².